The quantitative estimate of drug-likeness (QED) is 0.936. The van der Waals surface area contributed by atoms with Crippen LogP contribution in [0.3, 0.4) is 0 Å². The SMILES string of the molecule is CC(C)(C)OC(=O)N[C@H](Cc1ccccc1)c1ncno1. The van der Waals surface area contributed by atoms with E-state index in [9.17, 15) is 4.79 Å². The fourth-order valence-corrected chi connectivity index (χ4v) is 1.83. The molecule has 0 aliphatic carbocycles. The number of ether oxygens (including phenoxy) is 1. The molecular formula is C15H19N3O3. The summed E-state index contributed by atoms with van der Waals surface area (Å²) in [4.78, 5) is 15.9. The van der Waals surface area contributed by atoms with E-state index in [4.69, 9.17) is 9.26 Å². The molecule has 6 heteroatoms. The Morgan fingerprint density at radius 2 is 2.05 bits per heavy atom. The van der Waals surface area contributed by atoms with Crippen LogP contribution >= 0.6 is 0 Å². The highest BCUT2D eigenvalue weighted by Crippen LogP contribution is 2.17. The Labute approximate surface area is 123 Å². The molecule has 0 aliphatic heterocycles. The van der Waals surface area contributed by atoms with Gasteiger partial charge < -0.3 is 14.6 Å². The van der Waals surface area contributed by atoms with Crippen LogP contribution in [0.2, 0.25) is 0 Å². The third-order valence-electron chi connectivity index (χ3n) is 2.65. The van der Waals surface area contributed by atoms with Crippen LogP contribution in [0.1, 0.15) is 38.3 Å². The molecule has 1 heterocycles. The largest absolute Gasteiger partial charge is 0.444 e. The van der Waals surface area contributed by atoms with Crippen molar-refractivity contribution in [1.29, 1.82) is 0 Å². The summed E-state index contributed by atoms with van der Waals surface area (Å²) >= 11 is 0. The molecule has 0 fully saturated rings. The van der Waals surface area contributed by atoms with Gasteiger partial charge in [-0.2, -0.15) is 4.98 Å². The van der Waals surface area contributed by atoms with Gasteiger partial charge in [-0.3, -0.25) is 0 Å². The van der Waals surface area contributed by atoms with Gasteiger partial charge in [0.2, 0.25) is 5.89 Å². The number of rotatable bonds is 4. The van der Waals surface area contributed by atoms with Crippen molar-refractivity contribution >= 4 is 6.09 Å². The van der Waals surface area contributed by atoms with Gasteiger partial charge in [-0.25, -0.2) is 4.79 Å². The molecule has 0 radical (unpaired) electrons. The van der Waals surface area contributed by atoms with E-state index in [-0.39, 0.29) is 0 Å². The first-order valence-electron chi connectivity index (χ1n) is 6.74. The van der Waals surface area contributed by atoms with Crippen LogP contribution in [-0.2, 0) is 11.2 Å². The van der Waals surface area contributed by atoms with Crippen molar-refractivity contribution in [2.24, 2.45) is 0 Å². The van der Waals surface area contributed by atoms with E-state index in [1.165, 1.54) is 6.33 Å². The van der Waals surface area contributed by atoms with Gasteiger partial charge in [0.25, 0.3) is 0 Å². The molecular weight excluding hydrogens is 270 g/mol. The lowest BCUT2D eigenvalue weighted by molar-refractivity contribution is 0.0493. The Kier molecular flexibility index (Phi) is 4.57. The summed E-state index contributed by atoms with van der Waals surface area (Å²) in [6.07, 6.45) is 1.34. The molecule has 0 unspecified atom stereocenters. The topological polar surface area (TPSA) is 77.2 Å². The van der Waals surface area contributed by atoms with Crippen molar-refractivity contribution in [2.45, 2.75) is 38.8 Å². The van der Waals surface area contributed by atoms with Gasteiger partial charge in [-0.1, -0.05) is 35.5 Å². The first kappa shape index (κ1) is 15.0. The van der Waals surface area contributed by atoms with Crippen molar-refractivity contribution < 1.29 is 14.1 Å². The van der Waals surface area contributed by atoms with E-state index in [1.807, 2.05) is 51.1 Å². The maximum absolute atomic E-state index is 11.9. The highest BCUT2D eigenvalue weighted by atomic mass is 16.6. The number of hydrogen-bond acceptors (Lipinski definition) is 5. The van der Waals surface area contributed by atoms with E-state index in [0.29, 0.717) is 12.3 Å². The molecule has 2 rings (SSSR count). The maximum atomic E-state index is 11.9. The average molecular weight is 289 g/mol. The summed E-state index contributed by atoms with van der Waals surface area (Å²) in [5, 5.41) is 6.36. The van der Waals surface area contributed by atoms with Gasteiger partial charge in [0.1, 0.15) is 11.6 Å². The normalized spacial score (nSPS) is 12.7. The zero-order valence-corrected chi connectivity index (χ0v) is 12.4. The number of carbonyl (C=O) groups excluding carboxylic acids is 1. The van der Waals surface area contributed by atoms with E-state index < -0.39 is 17.7 Å². The molecule has 1 N–H and O–H groups in total. The fourth-order valence-electron chi connectivity index (χ4n) is 1.83. The summed E-state index contributed by atoms with van der Waals surface area (Å²) in [6.45, 7) is 5.43. The number of amides is 1. The van der Waals surface area contributed by atoms with Crippen molar-refractivity contribution in [3.05, 3.63) is 48.1 Å². The van der Waals surface area contributed by atoms with Crippen LogP contribution in [0.5, 0.6) is 0 Å². The predicted octanol–water partition coefficient (Wildman–Crippen LogP) is 2.88. The van der Waals surface area contributed by atoms with Crippen molar-refractivity contribution in [2.75, 3.05) is 0 Å². The van der Waals surface area contributed by atoms with Crippen LogP contribution in [-0.4, -0.2) is 21.8 Å². The van der Waals surface area contributed by atoms with Gasteiger partial charge in [0, 0.05) is 6.42 Å². The lowest BCUT2D eigenvalue weighted by atomic mass is 10.1. The Morgan fingerprint density at radius 1 is 1.33 bits per heavy atom. The number of nitrogens with zero attached hydrogens (tertiary/aromatic N) is 2. The number of nitrogens with one attached hydrogen (secondary N) is 1. The highest BCUT2D eigenvalue weighted by Gasteiger charge is 2.23. The Hall–Kier alpha value is -2.37. The van der Waals surface area contributed by atoms with Gasteiger partial charge in [0.15, 0.2) is 6.33 Å². The molecule has 0 aliphatic rings. The van der Waals surface area contributed by atoms with Gasteiger partial charge in [0.05, 0.1) is 0 Å². The number of alkyl carbamates (subject to hydrolysis) is 1. The molecule has 0 bridgehead atoms. The third kappa shape index (κ3) is 4.91. The fraction of sp³-hybridized carbons (Fsp3) is 0.400. The van der Waals surface area contributed by atoms with Crippen LogP contribution < -0.4 is 5.32 Å². The minimum Gasteiger partial charge on any atom is -0.444 e. The average Bonchev–Trinajstić information content (AvgIpc) is 2.90. The minimum atomic E-state index is -0.559. The Bertz CT molecular complexity index is 562. The first-order chi connectivity index (χ1) is 9.94. The summed E-state index contributed by atoms with van der Waals surface area (Å²) < 4.78 is 10.3. The lowest BCUT2D eigenvalue weighted by Crippen LogP contribution is -2.35. The van der Waals surface area contributed by atoms with E-state index >= 15 is 0 Å². The predicted molar refractivity (Wildman–Crippen MR) is 76.6 cm³/mol. The second kappa shape index (κ2) is 6.39. The third-order valence-corrected chi connectivity index (χ3v) is 2.65. The van der Waals surface area contributed by atoms with Crippen molar-refractivity contribution in [3.63, 3.8) is 0 Å². The number of benzene rings is 1. The number of aromatic nitrogens is 2. The summed E-state index contributed by atoms with van der Waals surface area (Å²) in [6, 6.07) is 9.33. The molecule has 6 nitrogen and oxygen atoms in total. The molecule has 112 valence electrons. The van der Waals surface area contributed by atoms with E-state index in [2.05, 4.69) is 15.5 Å². The zero-order valence-electron chi connectivity index (χ0n) is 12.4. The van der Waals surface area contributed by atoms with Gasteiger partial charge in [-0.15, -0.1) is 0 Å². The molecule has 1 atom stereocenters. The van der Waals surface area contributed by atoms with Crippen LogP contribution in [0, 0.1) is 0 Å². The molecule has 2 aromatic rings. The molecule has 0 saturated heterocycles. The van der Waals surface area contributed by atoms with E-state index in [1.54, 1.807) is 0 Å². The molecule has 0 spiro atoms. The van der Waals surface area contributed by atoms with Crippen LogP contribution in [0.15, 0.2) is 41.2 Å². The molecule has 21 heavy (non-hydrogen) atoms. The summed E-state index contributed by atoms with van der Waals surface area (Å²) in [7, 11) is 0. The second-order valence-corrected chi connectivity index (χ2v) is 5.67. The van der Waals surface area contributed by atoms with E-state index in [0.717, 1.165) is 5.56 Å². The monoisotopic (exact) mass is 289 g/mol. The molecule has 1 amide bonds. The molecule has 1 aromatic heterocycles. The second-order valence-electron chi connectivity index (χ2n) is 5.67. The number of carbonyl (C=O) groups is 1. The Morgan fingerprint density at radius 3 is 2.62 bits per heavy atom. The van der Waals surface area contributed by atoms with Crippen LogP contribution in [0.4, 0.5) is 4.79 Å². The van der Waals surface area contributed by atoms with Gasteiger partial charge in [-0.05, 0) is 26.3 Å². The van der Waals surface area contributed by atoms with Crippen molar-refractivity contribution in [3.8, 4) is 0 Å². The highest BCUT2D eigenvalue weighted by molar-refractivity contribution is 5.68. The Balaban J connectivity index is 2.08. The first-order valence-corrected chi connectivity index (χ1v) is 6.74. The van der Waals surface area contributed by atoms with Gasteiger partial charge >= 0.3 is 6.09 Å². The summed E-state index contributed by atoms with van der Waals surface area (Å²) in [5.41, 5.74) is 0.493. The maximum Gasteiger partial charge on any atom is 0.408 e. The smallest absolute Gasteiger partial charge is 0.408 e. The lowest BCUT2D eigenvalue weighted by Gasteiger charge is -2.22. The molecule has 1 aromatic carbocycles. The minimum absolute atomic E-state index is 0.352. The van der Waals surface area contributed by atoms with Crippen molar-refractivity contribution in [1.82, 2.24) is 15.5 Å². The standard InChI is InChI=1S/C15H19N3O3/c1-15(2,3)20-14(19)18-12(13-16-10-17-21-13)9-11-7-5-4-6-8-11/h4-8,10,12H,9H2,1-3H3,(H,18,19)/t12-/m1/s1. The molecule has 0 saturated carbocycles. The zero-order chi connectivity index (χ0) is 15.3. The number of hydrogen-bond donors (Lipinski definition) is 1. The summed E-state index contributed by atoms with van der Waals surface area (Å²) in [5.74, 6) is 0.352. The van der Waals surface area contributed by atoms with Crippen LogP contribution in [0.25, 0.3) is 0 Å².